The second kappa shape index (κ2) is 8.96. The molecule has 152 valence electrons. The van der Waals surface area contributed by atoms with Crippen molar-refractivity contribution < 1.29 is 23.0 Å². The number of hydrogen-bond donors (Lipinski definition) is 1. The highest BCUT2D eigenvalue weighted by Crippen LogP contribution is 2.36. The monoisotopic (exact) mass is 410 g/mol. The fraction of sp³-hybridized carbons (Fsp3) is 0.500. The summed E-state index contributed by atoms with van der Waals surface area (Å²) >= 11 is 5.54. The molecular formula is C20H24F2N2O3S. The summed E-state index contributed by atoms with van der Waals surface area (Å²) in [5.41, 5.74) is 1.07. The maximum atomic E-state index is 14.5. The first-order chi connectivity index (χ1) is 13.4. The van der Waals surface area contributed by atoms with Gasteiger partial charge in [0.15, 0.2) is 5.11 Å². The van der Waals surface area contributed by atoms with E-state index in [1.54, 1.807) is 6.92 Å². The Morgan fingerprint density at radius 3 is 2.64 bits per heavy atom. The van der Waals surface area contributed by atoms with Crippen LogP contribution in [-0.4, -0.2) is 42.3 Å². The van der Waals surface area contributed by atoms with E-state index in [2.05, 4.69) is 5.32 Å². The topological polar surface area (TPSA) is 50.8 Å². The van der Waals surface area contributed by atoms with Gasteiger partial charge in [-0.25, -0.2) is 13.6 Å². The third-order valence-electron chi connectivity index (χ3n) is 5.23. The third-order valence-corrected chi connectivity index (χ3v) is 5.54. The van der Waals surface area contributed by atoms with Gasteiger partial charge in [0.2, 0.25) is 0 Å². The number of rotatable bonds is 6. The van der Waals surface area contributed by atoms with Crippen LogP contribution in [0.4, 0.5) is 8.78 Å². The summed E-state index contributed by atoms with van der Waals surface area (Å²) in [5.74, 6) is -2.00. The molecule has 1 fully saturated rings. The molecule has 0 amide bonds. The molecule has 0 aromatic heterocycles. The number of thiocarbonyl (C=S) groups is 1. The minimum atomic E-state index is -0.846. The third kappa shape index (κ3) is 4.17. The predicted molar refractivity (Wildman–Crippen MR) is 104 cm³/mol. The van der Waals surface area contributed by atoms with E-state index in [0.717, 1.165) is 37.8 Å². The van der Waals surface area contributed by atoms with Crippen molar-refractivity contribution in [1.82, 2.24) is 10.2 Å². The highest BCUT2D eigenvalue weighted by molar-refractivity contribution is 7.80. The molecule has 1 N–H and O–H groups in total. The van der Waals surface area contributed by atoms with Crippen molar-refractivity contribution in [2.75, 3.05) is 20.3 Å². The Morgan fingerprint density at radius 2 is 2.00 bits per heavy atom. The fourth-order valence-corrected chi connectivity index (χ4v) is 4.29. The maximum Gasteiger partial charge on any atom is 0.338 e. The van der Waals surface area contributed by atoms with Crippen molar-refractivity contribution in [3.05, 3.63) is 46.7 Å². The zero-order valence-corrected chi connectivity index (χ0v) is 16.8. The van der Waals surface area contributed by atoms with Crippen LogP contribution in [0, 0.1) is 11.6 Å². The summed E-state index contributed by atoms with van der Waals surface area (Å²) < 4.78 is 38.1. The molecule has 2 aliphatic rings. The molecule has 1 heterocycles. The van der Waals surface area contributed by atoms with Gasteiger partial charge in [-0.1, -0.05) is 18.9 Å². The standard InChI is InChI=1S/C20H24F2N2O3S/c1-12-17(19(25)27-10-9-26-2)18(15-8-7-13(21)11-16(15)22)23-20(28)24(12)14-5-3-4-6-14/h7-8,11,14,18H,3-6,9-10H2,1-2H3,(H,23,28)/t18-/m0/s1. The van der Waals surface area contributed by atoms with Crippen LogP contribution in [-0.2, 0) is 14.3 Å². The number of nitrogens with zero attached hydrogens (tertiary/aromatic N) is 1. The Morgan fingerprint density at radius 1 is 1.29 bits per heavy atom. The quantitative estimate of drug-likeness (QED) is 0.439. The van der Waals surface area contributed by atoms with Gasteiger partial charge < -0.3 is 19.7 Å². The van der Waals surface area contributed by atoms with Crippen molar-refractivity contribution in [3.63, 3.8) is 0 Å². The lowest BCUT2D eigenvalue weighted by molar-refractivity contribution is -0.140. The molecule has 1 saturated carbocycles. The summed E-state index contributed by atoms with van der Waals surface area (Å²) in [6.45, 7) is 2.14. The first kappa shape index (κ1) is 20.7. The average Bonchev–Trinajstić information content (AvgIpc) is 3.15. The normalized spacial score (nSPS) is 20.5. The van der Waals surface area contributed by atoms with Crippen LogP contribution in [0.15, 0.2) is 29.5 Å². The lowest BCUT2D eigenvalue weighted by atomic mass is 9.93. The maximum absolute atomic E-state index is 14.5. The molecule has 5 nitrogen and oxygen atoms in total. The summed E-state index contributed by atoms with van der Waals surface area (Å²) in [6.07, 6.45) is 4.14. The summed E-state index contributed by atoms with van der Waals surface area (Å²) in [6, 6.07) is 2.63. The lowest BCUT2D eigenvalue weighted by Crippen LogP contribution is -2.51. The molecular weight excluding hydrogens is 386 g/mol. The summed E-state index contributed by atoms with van der Waals surface area (Å²) in [5, 5.41) is 3.51. The molecule has 0 bridgehead atoms. The van der Waals surface area contributed by atoms with Crippen molar-refractivity contribution in [3.8, 4) is 0 Å². The number of halogens is 2. The average molecular weight is 410 g/mol. The first-order valence-corrected chi connectivity index (χ1v) is 9.76. The minimum Gasteiger partial charge on any atom is -0.460 e. The van der Waals surface area contributed by atoms with Crippen LogP contribution in [0.25, 0.3) is 0 Å². The Labute approximate surface area is 168 Å². The molecule has 28 heavy (non-hydrogen) atoms. The largest absolute Gasteiger partial charge is 0.460 e. The molecule has 3 rings (SSSR count). The van der Waals surface area contributed by atoms with E-state index < -0.39 is 23.6 Å². The molecule has 1 aromatic rings. The van der Waals surface area contributed by atoms with Crippen molar-refractivity contribution in [2.24, 2.45) is 0 Å². The van der Waals surface area contributed by atoms with Crippen LogP contribution in [0.1, 0.15) is 44.2 Å². The van der Waals surface area contributed by atoms with Gasteiger partial charge in [-0.15, -0.1) is 0 Å². The Balaban J connectivity index is 2.02. The van der Waals surface area contributed by atoms with E-state index in [-0.39, 0.29) is 30.4 Å². The SMILES string of the molecule is COCCOC(=O)C1=C(C)N(C2CCCC2)C(=S)N[C@H]1c1ccc(F)cc1F. The number of carbonyl (C=O) groups is 1. The lowest BCUT2D eigenvalue weighted by Gasteiger charge is -2.40. The molecule has 8 heteroatoms. The second-order valence-electron chi connectivity index (χ2n) is 6.98. The van der Waals surface area contributed by atoms with Gasteiger partial charge in [-0.05, 0) is 38.0 Å². The highest BCUT2D eigenvalue weighted by Gasteiger charge is 2.39. The smallest absolute Gasteiger partial charge is 0.338 e. The first-order valence-electron chi connectivity index (χ1n) is 9.35. The van der Waals surface area contributed by atoms with E-state index in [0.29, 0.717) is 10.8 Å². The Hall–Kier alpha value is -2.06. The van der Waals surface area contributed by atoms with Crippen LogP contribution >= 0.6 is 12.2 Å². The van der Waals surface area contributed by atoms with Gasteiger partial charge in [0, 0.05) is 30.5 Å². The number of esters is 1. The number of ether oxygens (including phenoxy) is 2. The van der Waals surface area contributed by atoms with Crippen LogP contribution in [0.5, 0.6) is 0 Å². The number of nitrogens with one attached hydrogen (secondary N) is 1. The van der Waals surface area contributed by atoms with Gasteiger partial charge in [-0.2, -0.15) is 0 Å². The molecule has 0 saturated heterocycles. The molecule has 1 atom stereocenters. The number of allylic oxidation sites excluding steroid dienone is 1. The number of hydrogen-bond acceptors (Lipinski definition) is 4. The highest BCUT2D eigenvalue weighted by atomic mass is 32.1. The number of methoxy groups -OCH3 is 1. The van der Waals surface area contributed by atoms with Gasteiger partial charge in [0.25, 0.3) is 0 Å². The van der Waals surface area contributed by atoms with Gasteiger partial charge in [0.1, 0.15) is 18.2 Å². The van der Waals surface area contributed by atoms with Crippen LogP contribution in [0.2, 0.25) is 0 Å². The van der Waals surface area contributed by atoms with Crippen molar-refractivity contribution in [2.45, 2.75) is 44.7 Å². The minimum absolute atomic E-state index is 0.0820. The summed E-state index contributed by atoms with van der Waals surface area (Å²) in [4.78, 5) is 14.8. The zero-order chi connectivity index (χ0) is 20.3. The predicted octanol–water partition coefficient (Wildman–Crippen LogP) is 3.60. The number of benzene rings is 1. The van der Waals surface area contributed by atoms with Gasteiger partial charge in [-0.3, -0.25) is 0 Å². The molecule has 1 aliphatic heterocycles. The fourth-order valence-electron chi connectivity index (χ4n) is 3.89. The van der Waals surface area contributed by atoms with Crippen molar-refractivity contribution in [1.29, 1.82) is 0 Å². The number of carbonyl (C=O) groups excluding carboxylic acids is 1. The van der Waals surface area contributed by atoms with E-state index in [1.165, 1.54) is 13.2 Å². The van der Waals surface area contributed by atoms with E-state index >= 15 is 0 Å². The van der Waals surface area contributed by atoms with Gasteiger partial charge in [0.05, 0.1) is 18.2 Å². The van der Waals surface area contributed by atoms with E-state index in [9.17, 15) is 13.6 Å². The second-order valence-corrected chi connectivity index (χ2v) is 7.37. The van der Waals surface area contributed by atoms with E-state index in [4.69, 9.17) is 21.7 Å². The molecule has 1 aliphatic carbocycles. The Kier molecular flexibility index (Phi) is 6.61. The molecule has 0 spiro atoms. The van der Waals surface area contributed by atoms with Gasteiger partial charge >= 0.3 is 5.97 Å². The van der Waals surface area contributed by atoms with E-state index in [1.807, 2.05) is 4.90 Å². The Bertz CT molecular complexity index is 794. The summed E-state index contributed by atoms with van der Waals surface area (Å²) in [7, 11) is 1.51. The molecule has 0 radical (unpaired) electrons. The van der Waals surface area contributed by atoms with Crippen LogP contribution in [0.3, 0.4) is 0 Å². The van der Waals surface area contributed by atoms with Crippen molar-refractivity contribution >= 4 is 23.3 Å². The van der Waals surface area contributed by atoms with Crippen LogP contribution < -0.4 is 5.32 Å². The molecule has 0 unspecified atom stereocenters. The molecule has 1 aromatic carbocycles. The zero-order valence-electron chi connectivity index (χ0n) is 16.0.